The van der Waals surface area contributed by atoms with Crippen molar-refractivity contribution in [2.75, 3.05) is 6.61 Å². The van der Waals surface area contributed by atoms with Gasteiger partial charge in [-0.05, 0) is 13.3 Å². The molecule has 0 bridgehead atoms. The quantitative estimate of drug-likeness (QED) is 0.245. The first-order valence-corrected chi connectivity index (χ1v) is 1.89. The minimum atomic E-state index is -0.0686. The molecule has 0 aromatic carbocycles. The van der Waals surface area contributed by atoms with E-state index in [9.17, 15) is 5.11 Å². The maximum Gasteiger partial charge on any atom is 1.00 e. The second-order valence-electron chi connectivity index (χ2n) is 0.881. The smallest absolute Gasteiger partial charge is 0.854 e. The summed E-state index contributed by atoms with van der Waals surface area (Å²) in [5, 5.41) is 9.59. The van der Waals surface area contributed by atoms with E-state index in [0.717, 1.165) is 0 Å². The molecule has 0 N–H and O–H groups in total. The average Bonchev–Trinajstić information content (AvgIpc) is 1.61. The van der Waals surface area contributed by atoms with Gasteiger partial charge in [0.25, 0.3) is 0 Å². The minimum Gasteiger partial charge on any atom is -0.854 e. The van der Waals surface area contributed by atoms with Crippen LogP contribution in [0.1, 0.15) is 13.3 Å². The predicted molar refractivity (Wildman–Crippen MR) is 22.9 cm³/mol. The van der Waals surface area contributed by atoms with Gasteiger partial charge in [-0.25, -0.2) is 0 Å². The van der Waals surface area contributed by atoms with Crippen molar-refractivity contribution >= 4 is 0 Å². The van der Waals surface area contributed by atoms with Crippen molar-refractivity contribution in [2.45, 2.75) is 13.3 Å². The Labute approximate surface area is 56.3 Å². The summed E-state index contributed by atoms with van der Waals surface area (Å²) in [6.45, 7) is 1.66. The van der Waals surface area contributed by atoms with Crippen LogP contribution in [0.5, 0.6) is 0 Å². The van der Waals surface area contributed by atoms with Crippen molar-refractivity contribution in [3.05, 3.63) is 0 Å². The van der Waals surface area contributed by atoms with Crippen LogP contribution in [-0.4, -0.2) is 6.61 Å². The molecule has 0 saturated heterocycles. The van der Waals surface area contributed by atoms with Gasteiger partial charge in [-0.1, -0.05) is 0 Å². The van der Waals surface area contributed by atoms with E-state index >= 15 is 0 Å². The van der Waals surface area contributed by atoms with Crippen molar-refractivity contribution in [3.8, 4) is 11.8 Å². The van der Waals surface area contributed by atoms with E-state index in [0.29, 0.717) is 6.42 Å². The van der Waals surface area contributed by atoms with Crippen LogP contribution in [-0.2, 0) is 0 Å². The summed E-state index contributed by atoms with van der Waals surface area (Å²) in [6.07, 6.45) is 0.497. The van der Waals surface area contributed by atoms with Crippen LogP contribution in [0.2, 0.25) is 0 Å². The monoisotopic (exact) mass is 90.1 g/mol. The molecule has 0 rings (SSSR count). The van der Waals surface area contributed by atoms with Gasteiger partial charge in [-0.3, -0.25) is 0 Å². The molecule has 2 heteroatoms. The van der Waals surface area contributed by atoms with Gasteiger partial charge in [0, 0.05) is 0 Å². The Kier molecular flexibility index (Phi) is 13.7. The SMILES string of the molecule is CC#CCC[O-].[Li+]. The van der Waals surface area contributed by atoms with E-state index < -0.39 is 0 Å². The van der Waals surface area contributed by atoms with Gasteiger partial charge in [-0.15, -0.1) is 18.4 Å². The van der Waals surface area contributed by atoms with E-state index in [2.05, 4.69) is 11.8 Å². The zero-order chi connectivity index (χ0) is 4.83. The topological polar surface area (TPSA) is 23.1 Å². The molecule has 0 atom stereocenters. The summed E-state index contributed by atoms with van der Waals surface area (Å²) in [6, 6.07) is 0. The molecular weight excluding hydrogens is 83.0 g/mol. The van der Waals surface area contributed by atoms with Crippen LogP contribution in [0.25, 0.3) is 0 Å². The normalized spacial score (nSPS) is 5.43. The van der Waals surface area contributed by atoms with Crippen molar-refractivity contribution in [2.24, 2.45) is 0 Å². The maximum absolute atomic E-state index is 9.59. The molecule has 34 valence electrons. The van der Waals surface area contributed by atoms with Crippen LogP contribution >= 0.6 is 0 Å². The summed E-state index contributed by atoms with van der Waals surface area (Å²) in [7, 11) is 0. The Hall–Kier alpha value is 0.117. The molecular formula is C5H7LiO. The maximum atomic E-state index is 9.59. The van der Waals surface area contributed by atoms with Crippen LogP contribution in [0.3, 0.4) is 0 Å². The van der Waals surface area contributed by atoms with E-state index in [4.69, 9.17) is 0 Å². The molecule has 0 fully saturated rings. The fourth-order valence-electron chi connectivity index (χ4n) is 0.176. The van der Waals surface area contributed by atoms with Gasteiger partial charge < -0.3 is 5.11 Å². The fraction of sp³-hybridized carbons (Fsp3) is 0.600. The van der Waals surface area contributed by atoms with Gasteiger partial charge >= 0.3 is 18.9 Å². The van der Waals surface area contributed by atoms with Gasteiger partial charge in [0.1, 0.15) is 0 Å². The van der Waals surface area contributed by atoms with Crippen LogP contribution < -0.4 is 24.0 Å². The molecule has 0 aliphatic heterocycles. The van der Waals surface area contributed by atoms with Gasteiger partial charge in [-0.2, -0.15) is 0 Å². The van der Waals surface area contributed by atoms with E-state index in [-0.39, 0.29) is 25.5 Å². The molecule has 0 aliphatic carbocycles. The second kappa shape index (κ2) is 9.45. The third-order valence-corrected chi connectivity index (χ3v) is 0.404. The Bertz CT molecular complexity index is 69.9. The zero-order valence-electron chi connectivity index (χ0n) is 4.82. The van der Waals surface area contributed by atoms with Crippen molar-refractivity contribution in [1.29, 1.82) is 0 Å². The number of rotatable bonds is 1. The van der Waals surface area contributed by atoms with Crippen LogP contribution in [0.4, 0.5) is 0 Å². The summed E-state index contributed by atoms with van der Waals surface area (Å²) in [5.41, 5.74) is 0. The Morgan fingerprint density at radius 1 is 1.57 bits per heavy atom. The van der Waals surface area contributed by atoms with Crippen LogP contribution in [0, 0.1) is 11.8 Å². The third-order valence-electron chi connectivity index (χ3n) is 0.404. The molecule has 0 aromatic rings. The van der Waals surface area contributed by atoms with Gasteiger partial charge in [0.15, 0.2) is 0 Å². The first-order chi connectivity index (χ1) is 2.91. The van der Waals surface area contributed by atoms with Crippen molar-refractivity contribution in [3.63, 3.8) is 0 Å². The molecule has 0 unspecified atom stereocenters. The second-order valence-corrected chi connectivity index (χ2v) is 0.881. The van der Waals surface area contributed by atoms with Gasteiger partial charge in [0.2, 0.25) is 0 Å². The van der Waals surface area contributed by atoms with E-state index in [1.54, 1.807) is 6.92 Å². The zero-order valence-corrected chi connectivity index (χ0v) is 4.82. The summed E-state index contributed by atoms with van der Waals surface area (Å²) >= 11 is 0. The molecule has 7 heavy (non-hydrogen) atoms. The summed E-state index contributed by atoms with van der Waals surface area (Å²) < 4.78 is 0. The van der Waals surface area contributed by atoms with Crippen molar-refractivity contribution < 1.29 is 24.0 Å². The summed E-state index contributed by atoms with van der Waals surface area (Å²) in [4.78, 5) is 0. The van der Waals surface area contributed by atoms with Crippen molar-refractivity contribution in [1.82, 2.24) is 0 Å². The molecule has 0 radical (unpaired) electrons. The molecule has 0 amide bonds. The largest absolute Gasteiger partial charge is 1.00 e. The number of hydrogen-bond donors (Lipinski definition) is 0. The fourth-order valence-corrected chi connectivity index (χ4v) is 0.176. The molecule has 0 saturated carbocycles. The van der Waals surface area contributed by atoms with E-state index in [1.807, 2.05) is 0 Å². The van der Waals surface area contributed by atoms with Crippen LogP contribution in [0.15, 0.2) is 0 Å². The first-order valence-electron chi connectivity index (χ1n) is 1.89. The molecule has 0 heterocycles. The summed E-state index contributed by atoms with van der Waals surface area (Å²) in [5.74, 6) is 5.25. The Balaban J connectivity index is 0. The standard InChI is InChI=1S/C5H7O.Li/c1-2-3-4-5-6;/h4-5H2,1H3;/q-1;+1. The molecule has 0 aromatic heterocycles. The first kappa shape index (κ1) is 10.2. The van der Waals surface area contributed by atoms with E-state index in [1.165, 1.54) is 0 Å². The predicted octanol–water partition coefficient (Wildman–Crippen LogP) is -3.24. The average molecular weight is 90.1 g/mol. The third kappa shape index (κ3) is 10.7. The molecule has 1 nitrogen and oxygen atoms in total. The van der Waals surface area contributed by atoms with Gasteiger partial charge in [0.05, 0.1) is 0 Å². The Morgan fingerprint density at radius 3 is 2.29 bits per heavy atom. The molecule has 0 spiro atoms. The minimum absolute atomic E-state index is 0. The molecule has 0 aliphatic rings. The Morgan fingerprint density at radius 2 is 2.14 bits per heavy atom. The number of hydrogen-bond acceptors (Lipinski definition) is 1.